The number of hydrogen-bond donors (Lipinski definition) is 3. The fourth-order valence-electron chi connectivity index (χ4n) is 2.51. The van der Waals surface area contributed by atoms with Crippen molar-refractivity contribution in [3.8, 4) is 5.75 Å². The van der Waals surface area contributed by atoms with Gasteiger partial charge in [-0.25, -0.2) is 0 Å². The number of non-ortho nitro benzene ring substituents is 1. The Morgan fingerprint density at radius 1 is 1.45 bits per heavy atom. The molecule has 0 atom stereocenters. The summed E-state index contributed by atoms with van der Waals surface area (Å²) in [5.41, 5.74) is 5.56. The maximum Gasteiger partial charge on any atom is 0.273 e. The number of benzene rings is 1. The van der Waals surface area contributed by atoms with Gasteiger partial charge in [0.15, 0.2) is 0 Å². The van der Waals surface area contributed by atoms with E-state index in [2.05, 4.69) is 5.32 Å². The van der Waals surface area contributed by atoms with Crippen molar-refractivity contribution in [2.45, 2.75) is 37.6 Å². The van der Waals surface area contributed by atoms with E-state index >= 15 is 0 Å². The van der Waals surface area contributed by atoms with E-state index in [1.165, 1.54) is 12.1 Å². The van der Waals surface area contributed by atoms with Crippen LogP contribution in [-0.4, -0.2) is 21.5 Å². The molecule has 0 radical (unpaired) electrons. The molecule has 0 bridgehead atoms. The third kappa shape index (κ3) is 3.24. The minimum Gasteiger partial charge on any atom is -0.506 e. The van der Waals surface area contributed by atoms with Crippen LogP contribution >= 0.6 is 0 Å². The summed E-state index contributed by atoms with van der Waals surface area (Å²) in [4.78, 5) is 21.8. The van der Waals surface area contributed by atoms with Crippen LogP contribution in [0.15, 0.2) is 18.2 Å². The van der Waals surface area contributed by atoms with Crippen LogP contribution in [0.5, 0.6) is 5.75 Å². The first kappa shape index (κ1) is 14.3. The molecule has 1 fully saturated rings. The van der Waals surface area contributed by atoms with Gasteiger partial charge in [0.2, 0.25) is 5.91 Å². The Bertz CT molecular complexity index is 538. The number of amides is 1. The van der Waals surface area contributed by atoms with Crippen molar-refractivity contribution >= 4 is 17.3 Å². The number of phenols is 1. The molecular formula is C13H17N3O4. The highest BCUT2D eigenvalue weighted by molar-refractivity contribution is 5.93. The Kier molecular flexibility index (Phi) is 3.89. The molecule has 1 aliphatic rings. The van der Waals surface area contributed by atoms with Crippen molar-refractivity contribution in [1.29, 1.82) is 0 Å². The van der Waals surface area contributed by atoms with Gasteiger partial charge in [-0.2, -0.15) is 0 Å². The molecule has 0 heterocycles. The van der Waals surface area contributed by atoms with E-state index in [-0.39, 0.29) is 29.5 Å². The number of nitro benzene ring substituents is 1. The fourth-order valence-corrected chi connectivity index (χ4v) is 2.51. The number of anilines is 1. The number of nitrogens with zero attached hydrogens (tertiary/aromatic N) is 1. The molecule has 4 N–H and O–H groups in total. The predicted molar refractivity (Wildman–Crippen MR) is 73.4 cm³/mol. The second-order valence-electron chi connectivity index (χ2n) is 5.25. The van der Waals surface area contributed by atoms with Crippen LogP contribution in [0.2, 0.25) is 0 Å². The van der Waals surface area contributed by atoms with E-state index in [1.54, 1.807) is 0 Å². The van der Waals surface area contributed by atoms with Crippen molar-refractivity contribution in [1.82, 2.24) is 0 Å². The first-order chi connectivity index (χ1) is 9.39. The van der Waals surface area contributed by atoms with Crippen LogP contribution in [0, 0.1) is 10.1 Å². The van der Waals surface area contributed by atoms with Crippen molar-refractivity contribution < 1.29 is 14.8 Å². The first-order valence-electron chi connectivity index (χ1n) is 6.46. The van der Waals surface area contributed by atoms with Gasteiger partial charge in [-0.3, -0.25) is 14.9 Å². The standard InChI is InChI=1S/C13H17N3O4/c14-13(5-1-2-6-13)8-12(18)15-10-4-3-9(16(19)20)7-11(10)17/h3-4,7,17H,1-2,5-6,8,14H2,(H,15,18). The monoisotopic (exact) mass is 279 g/mol. The quantitative estimate of drug-likeness (QED) is 0.442. The molecule has 0 spiro atoms. The van der Waals surface area contributed by atoms with Crippen LogP contribution in [0.3, 0.4) is 0 Å². The van der Waals surface area contributed by atoms with Crippen molar-refractivity contribution in [2.75, 3.05) is 5.32 Å². The number of carbonyl (C=O) groups excluding carboxylic acids is 1. The molecule has 1 aromatic rings. The Labute approximate surface area is 115 Å². The topological polar surface area (TPSA) is 118 Å². The summed E-state index contributed by atoms with van der Waals surface area (Å²) < 4.78 is 0. The van der Waals surface area contributed by atoms with Crippen LogP contribution in [0.4, 0.5) is 11.4 Å². The zero-order valence-corrected chi connectivity index (χ0v) is 11.0. The maximum absolute atomic E-state index is 11.9. The molecule has 1 saturated carbocycles. The van der Waals surface area contributed by atoms with Crippen LogP contribution in [0.25, 0.3) is 0 Å². The molecule has 108 valence electrons. The normalized spacial score (nSPS) is 16.9. The molecule has 1 amide bonds. The Morgan fingerprint density at radius 3 is 2.65 bits per heavy atom. The molecule has 1 aromatic carbocycles. The van der Waals surface area contributed by atoms with Crippen LogP contribution in [0.1, 0.15) is 32.1 Å². The summed E-state index contributed by atoms with van der Waals surface area (Å²) in [5.74, 6) is -0.622. The number of phenolic OH excluding ortho intramolecular Hbond substituents is 1. The lowest BCUT2D eigenvalue weighted by molar-refractivity contribution is -0.384. The van der Waals surface area contributed by atoms with Gasteiger partial charge in [-0.15, -0.1) is 0 Å². The summed E-state index contributed by atoms with van der Waals surface area (Å²) in [6.07, 6.45) is 3.85. The summed E-state index contributed by atoms with van der Waals surface area (Å²) in [5, 5.41) is 22.8. The summed E-state index contributed by atoms with van der Waals surface area (Å²) in [7, 11) is 0. The van der Waals surface area contributed by atoms with Gasteiger partial charge in [0.1, 0.15) is 5.75 Å². The van der Waals surface area contributed by atoms with Gasteiger partial charge in [0.25, 0.3) is 5.69 Å². The Hall–Kier alpha value is -2.15. The molecule has 20 heavy (non-hydrogen) atoms. The van der Waals surface area contributed by atoms with E-state index in [0.717, 1.165) is 31.7 Å². The van der Waals surface area contributed by atoms with Gasteiger partial charge >= 0.3 is 0 Å². The summed E-state index contributed by atoms with van der Waals surface area (Å²) in [6, 6.07) is 3.54. The minimum absolute atomic E-state index is 0.155. The van der Waals surface area contributed by atoms with Gasteiger partial charge in [0, 0.05) is 18.0 Å². The Balaban J connectivity index is 2.02. The van der Waals surface area contributed by atoms with Gasteiger partial charge in [0.05, 0.1) is 16.7 Å². The molecule has 1 aliphatic carbocycles. The van der Waals surface area contributed by atoms with E-state index < -0.39 is 10.5 Å². The number of nitro groups is 1. The number of aromatic hydroxyl groups is 1. The lowest BCUT2D eigenvalue weighted by atomic mass is 9.94. The van der Waals surface area contributed by atoms with E-state index in [4.69, 9.17) is 5.73 Å². The highest BCUT2D eigenvalue weighted by Gasteiger charge is 2.31. The van der Waals surface area contributed by atoms with E-state index in [9.17, 15) is 20.0 Å². The molecule has 0 unspecified atom stereocenters. The van der Waals surface area contributed by atoms with Crippen LogP contribution < -0.4 is 11.1 Å². The van der Waals surface area contributed by atoms with Crippen molar-refractivity contribution in [3.63, 3.8) is 0 Å². The predicted octanol–water partition coefficient (Wildman–Crippen LogP) is 1.90. The third-order valence-electron chi connectivity index (χ3n) is 3.58. The SMILES string of the molecule is NC1(CC(=O)Nc2ccc([N+](=O)[O-])cc2O)CCCC1. The lowest BCUT2D eigenvalue weighted by Crippen LogP contribution is -2.40. The number of nitrogens with one attached hydrogen (secondary N) is 1. The Morgan fingerprint density at radius 2 is 2.10 bits per heavy atom. The highest BCUT2D eigenvalue weighted by atomic mass is 16.6. The second kappa shape index (κ2) is 5.46. The molecule has 7 nitrogen and oxygen atoms in total. The van der Waals surface area contributed by atoms with Crippen molar-refractivity contribution in [2.24, 2.45) is 5.73 Å². The summed E-state index contributed by atoms with van der Waals surface area (Å²) in [6.45, 7) is 0. The largest absolute Gasteiger partial charge is 0.506 e. The smallest absolute Gasteiger partial charge is 0.273 e. The average Bonchev–Trinajstić information content (AvgIpc) is 2.77. The zero-order valence-electron chi connectivity index (χ0n) is 11.0. The molecule has 0 aromatic heterocycles. The number of carbonyl (C=O) groups is 1. The highest BCUT2D eigenvalue weighted by Crippen LogP contribution is 2.32. The summed E-state index contributed by atoms with van der Waals surface area (Å²) >= 11 is 0. The molecule has 7 heteroatoms. The van der Waals surface area contributed by atoms with Crippen LogP contribution in [-0.2, 0) is 4.79 Å². The minimum atomic E-state index is -0.612. The fraction of sp³-hybridized carbons (Fsp3) is 0.462. The second-order valence-corrected chi connectivity index (χ2v) is 5.25. The molecule has 0 saturated heterocycles. The zero-order chi connectivity index (χ0) is 14.8. The van der Waals surface area contributed by atoms with Gasteiger partial charge in [-0.05, 0) is 18.9 Å². The average molecular weight is 279 g/mol. The van der Waals surface area contributed by atoms with Gasteiger partial charge < -0.3 is 16.2 Å². The number of rotatable bonds is 4. The molecule has 2 rings (SSSR count). The van der Waals surface area contributed by atoms with E-state index in [1.807, 2.05) is 0 Å². The van der Waals surface area contributed by atoms with Crippen molar-refractivity contribution in [3.05, 3.63) is 28.3 Å². The van der Waals surface area contributed by atoms with Gasteiger partial charge in [-0.1, -0.05) is 12.8 Å². The number of nitrogens with two attached hydrogens (primary N) is 1. The third-order valence-corrected chi connectivity index (χ3v) is 3.58. The molecular weight excluding hydrogens is 262 g/mol. The lowest BCUT2D eigenvalue weighted by Gasteiger charge is -2.22. The maximum atomic E-state index is 11.9. The van der Waals surface area contributed by atoms with E-state index in [0.29, 0.717) is 0 Å². The number of hydrogen-bond acceptors (Lipinski definition) is 5. The molecule has 0 aliphatic heterocycles. The first-order valence-corrected chi connectivity index (χ1v) is 6.46.